The molecule has 1 saturated carbocycles. The Morgan fingerprint density at radius 2 is 1.94 bits per heavy atom. The average molecular weight is 246 g/mol. The van der Waals surface area contributed by atoms with Crippen molar-refractivity contribution >= 4 is 11.8 Å². The highest BCUT2D eigenvalue weighted by molar-refractivity contribution is 5.96. The van der Waals surface area contributed by atoms with Gasteiger partial charge in [-0.1, -0.05) is 26.0 Å². The van der Waals surface area contributed by atoms with E-state index in [1.165, 1.54) is 5.57 Å². The van der Waals surface area contributed by atoms with Crippen LogP contribution in [0.3, 0.4) is 0 Å². The van der Waals surface area contributed by atoms with Gasteiger partial charge in [-0.05, 0) is 30.8 Å². The van der Waals surface area contributed by atoms with Gasteiger partial charge in [0.15, 0.2) is 5.78 Å². The van der Waals surface area contributed by atoms with Gasteiger partial charge in [-0.25, -0.2) is 4.79 Å². The van der Waals surface area contributed by atoms with E-state index in [0.717, 1.165) is 12.8 Å². The summed E-state index contributed by atoms with van der Waals surface area (Å²) in [4.78, 5) is 23.4. The molecule has 5 atom stereocenters. The molecule has 1 saturated heterocycles. The van der Waals surface area contributed by atoms with Crippen molar-refractivity contribution in [1.29, 1.82) is 0 Å². The number of ether oxygens (including phenoxy) is 1. The Labute approximate surface area is 107 Å². The van der Waals surface area contributed by atoms with Gasteiger partial charge in [0.2, 0.25) is 0 Å². The summed E-state index contributed by atoms with van der Waals surface area (Å²) in [6, 6.07) is 0. The van der Waals surface area contributed by atoms with E-state index in [-0.39, 0.29) is 35.6 Å². The lowest BCUT2D eigenvalue weighted by Gasteiger charge is -2.21. The summed E-state index contributed by atoms with van der Waals surface area (Å²) in [7, 11) is 0. The van der Waals surface area contributed by atoms with Crippen molar-refractivity contribution in [1.82, 2.24) is 0 Å². The summed E-state index contributed by atoms with van der Waals surface area (Å²) in [5.74, 6) is 0.720. The number of rotatable bonds is 0. The van der Waals surface area contributed by atoms with Crippen molar-refractivity contribution in [2.24, 2.45) is 23.7 Å². The minimum Gasteiger partial charge on any atom is -0.458 e. The monoisotopic (exact) mass is 246 g/mol. The topological polar surface area (TPSA) is 43.4 Å². The minimum absolute atomic E-state index is 0.0335. The maximum Gasteiger partial charge on any atom is 0.334 e. The highest BCUT2D eigenvalue weighted by Crippen LogP contribution is 2.48. The SMILES string of the molecule is C=C1C(=O)O[C@H]2C[C@H](C)C3=CC(=O)[C@H](C)C3CC12. The molecule has 0 amide bonds. The first-order chi connectivity index (χ1) is 8.49. The van der Waals surface area contributed by atoms with Crippen LogP contribution in [0.2, 0.25) is 0 Å². The molecule has 1 heterocycles. The molecule has 0 aromatic heterocycles. The largest absolute Gasteiger partial charge is 0.458 e. The summed E-state index contributed by atoms with van der Waals surface area (Å²) in [5, 5.41) is 0. The lowest BCUT2D eigenvalue weighted by molar-refractivity contribution is -0.139. The van der Waals surface area contributed by atoms with Gasteiger partial charge in [-0.15, -0.1) is 0 Å². The third-order valence-corrected chi connectivity index (χ3v) is 4.87. The third-order valence-electron chi connectivity index (χ3n) is 4.87. The number of carbonyl (C=O) groups excluding carboxylic acids is 2. The molecule has 0 N–H and O–H groups in total. The lowest BCUT2D eigenvalue weighted by Crippen LogP contribution is -2.20. The predicted molar refractivity (Wildman–Crippen MR) is 66.7 cm³/mol. The van der Waals surface area contributed by atoms with E-state index in [1.54, 1.807) is 0 Å². The fraction of sp³-hybridized carbons (Fsp3) is 0.600. The van der Waals surface area contributed by atoms with Crippen LogP contribution in [0.5, 0.6) is 0 Å². The molecule has 0 spiro atoms. The highest BCUT2D eigenvalue weighted by atomic mass is 16.6. The summed E-state index contributed by atoms with van der Waals surface area (Å²) in [5.41, 5.74) is 1.85. The van der Waals surface area contributed by atoms with Gasteiger partial charge < -0.3 is 4.74 Å². The number of allylic oxidation sites excluding steroid dienone is 2. The zero-order valence-corrected chi connectivity index (χ0v) is 10.8. The van der Waals surface area contributed by atoms with Crippen LogP contribution in [0.4, 0.5) is 0 Å². The fourth-order valence-corrected chi connectivity index (χ4v) is 3.67. The molecule has 18 heavy (non-hydrogen) atoms. The van der Waals surface area contributed by atoms with Crippen molar-refractivity contribution in [3.8, 4) is 0 Å². The van der Waals surface area contributed by atoms with Gasteiger partial charge in [0.05, 0.1) is 0 Å². The van der Waals surface area contributed by atoms with Crippen LogP contribution >= 0.6 is 0 Å². The molecule has 2 aliphatic carbocycles. The van der Waals surface area contributed by atoms with Crippen LogP contribution in [0, 0.1) is 23.7 Å². The van der Waals surface area contributed by atoms with Crippen LogP contribution in [0.15, 0.2) is 23.8 Å². The molecule has 3 nitrogen and oxygen atoms in total. The van der Waals surface area contributed by atoms with E-state index in [9.17, 15) is 9.59 Å². The van der Waals surface area contributed by atoms with E-state index in [4.69, 9.17) is 4.74 Å². The summed E-state index contributed by atoms with van der Waals surface area (Å²) >= 11 is 0. The van der Waals surface area contributed by atoms with E-state index < -0.39 is 0 Å². The van der Waals surface area contributed by atoms with Crippen LogP contribution in [-0.2, 0) is 14.3 Å². The smallest absolute Gasteiger partial charge is 0.334 e. The predicted octanol–water partition coefficient (Wildman–Crippen LogP) is 2.28. The van der Waals surface area contributed by atoms with Crippen molar-refractivity contribution < 1.29 is 14.3 Å². The van der Waals surface area contributed by atoms with Gasteiger partial charge in [0, 0.05) is 17.4 Å². The second-order valence-electron chi connectivity index (χ2n) is 5.89. The number of esters is 1. The molecule has 1 aliphatic heterocycles. The van der Waals surface area contributed by atoms with E-state index in [1.807, 2.05) is 13.0 Å². The Morgan fingerprint density at radius 1 is 1.22 bits per heavy atom. The Bertz CT molecular complexity index is 474. The quantitative estimate of drug-likeness (QED) is 0.486. The van der Waals surface area contributed by atoms with Crippen LogP contribution in [0.1, 0.15) is 26.7 Å². The molecule has 3 rings (SSSR count). The maximum atomic E-state index is 11.8. The van der Waals surface area contributed by atoms with E-state index in [2.05, 4.69) is 13.5 Å². The zero-order valence-electron chi connectivity index (χ0n) is 10.8. The molecule has 3 aliphatic rings. The van der Waals surface area contributed by atoms with E-state index in [0.29, 0.717) is 11.5 Å². The maximum absolute atomic E-state index is 11.8. The van der Waals surface area contributed by atoms with Crippen LogP contribution in [0.25, 0.3) is 0 Å². The zero-order chi connectivity index (χ0) is 13.0. The number of fused-ring (bicyclic) bond motifs is 2. The van der Waals surface area contributed by atoms with Gasteiger partial charge in [0.1, 0.15) is 6.10 Å². The van der Waals surface area contributed by atoms with Crippen molar-refractivity contribution in [3.05, 3.63) is 23.8 Å². The molecule has 0 aromatic rings. The molecular weight excluding hydrogens is 228 g/mol. The molecule has 0 radical (unpaired) electrons. The molecule has 3 heteroatoms. The van der Waals surface area contributed by atoms with Gasteiger partial charge in [-0.3, -0.25) is 4.79 Å². The second-order valence-corrected chi connectivity index (χ2v) is 5.89. The second kappa shape index (κ2) is 3.81. The Morgan fingerprint density at radius 3 is 2.67 bits per heavy atom. The lowest BCUT2D eigenvalue weighted by atomic mass is 9.81. The molecule has 2 unspecified atom stereocenters. The molecule has 0 bridgehead atoms. The molecule has 0 aromatic carbocycles. The number of carbonyl (C=O) groups is 2. The van der Waals surface area contributed by atoms with Crippen molar-refractivity contribution in [2.75, 3.05) is 0 Å². The molecule has 2 fully saturated rings. The molecule has 96 valence electrons. The first kappa shape index (κ1) is 11.7. The Hall–Kier alpha value is -1.38. The van der Waals surface area contributed by atoms with Gasteiger partial charge in [0.25, 0.3) is 0 Å². The van der Waals surface area contributed by atoms with E-state index >= 15 is 0 Å². The number of hydrogen-bond acceptors (Lipinski definition) is 3. The summed E-state index contributed by atoms with van der Waals surface area (Å²) in [6.07, 6.45) is 3.44. The first-order valence-electron chi connectivity index (χ1n) is 6.64. The fourth-order valence-electron chi connectivity index (χ4n) is 3.67. The van der Waals surface area contributed by atoms with Crippen LogP contribution in [-0.4, -0.2) is 17.9 Å². The van der Waals surface area contributed by atoms with Crippen molar-refractivity contribution in [2.45, 2.75) is 32.8 Å². The van der Waals surface area contributed by atoms with Crippen molar-refractivity contribution in [3.63, 3.8) is 0 Å². The van der Waals surface area contributed by atoms with Crippen LogP contribution < -0.4 is 0 Å². The standard InChI is InChI=1S/C15H18O3/c1-7-4-14-12(9(3)15(17)18-14)5-11-8(2)13(16)6-10(7)11/h6-8,11-12,14H,3-5H2,1-2H3/t7-,8+,11?,12?,14-/m0/s1. The molecular formula is C15H18O3. The summed E-state index contributed by atoms with van der Waals surface area (Å²) < 4.78 is 5.40. The summed E-state index contributed by atoms with van der Waals surface area (Å²) in [6.45, 7) is 7.98. The first-order valence-corrected chi connectivity index (χ1v) is 6.64. The normalized spacial score (nSPS) is 43.1. The highest BCUT2D eigenvalue weighted by Gasteiger charge is 2.47. The third kappa shape index (κ3) is 1.49. The Balaban J connectivity index is 1.96. The Kier molecular flexibility index (Phi) is 2.47. The minimum atomic E-state index is -0.249. The number of hydrogen-bond donors (Lipinski definition) is 0. The van der Waals surface area contributed by atoms with Gasteiger partial charge >= 0.3 is 5.97 Å². The van der Waals surface area contributed by atoms with Gasteiger partial charge in [-0.2, -0.15) is 0 Å². The average Bonchev–Trinajstić information content (AvgIpc) is 2.68. The number of ketones is 1.